The molecule has 0 aliphatic rings. The number of nitrogens with zero attached hydrogens (tertiary/aromatic N) is 1. The van der Waals surface area contributed by atoms with E-state index in [0.717, 1.165) is 0 Å². The molecule has 104 valence electrons. The van der Waals surface area contributed by atoms with E-state index in [1.807, 2.05) is 0 Å². The highest BCUT2D eigenvalue weighted by Crippen LogP contribution is 2.22. The normalized spacial score (nSPS) is 10.5. The third-order valence-electron chi connectivity index (χ3n) is 2.33. The predicted octanol–water partition coefficient (Wildman–Crippen LogP) is 2.66. The standard InChI is InChI=1S/C11H12BrNO5S/c1-6-5-9(19-18-17-16)13-7(2)10(6)11(15)8(14)3-4-12/h5,16H,3-4H2,1-2H3. The maximum Gasteiger partial charge on any atom is 0.230 e. The van der Waals surface area contributed by atoms with Crippen LogP contribution in [0.2, 0.25) is 0 Å². The van der Waals surface area contributed by atoms with E-state index >= 15 is 0 Å². The van der Waals surface area contributed by atoms with Crippen LogP contribution in [0.3, 0.4) is 0 Å². The molecule has 0 aliphatic carbocycles. The maximum atomic E-state index is 12.0. The second-order valence-corrected chi connectivity index (χ2v) is 5.17. The Morgan fingerprint density at radius 1 is 1.47 bits per heavy atom. The molecule has 0 saturated carbocycles. The van der Waals surface area contributed by atoms with Crippen molar-refractivity contribution in [2.75, 3.05) is 5.33 Å². The summed E-state index contributed by atoms with van der Waals surface area (Å²) in [6, 6.07) is 1.57. The number of aryl methyl sites for hydroxylation is 2. The minimum Gasteiger partial charge on any atom is -0.290 e. The Morgan fingerprint density at radius 2 is 2.16 bits per heavy atom. The fraction of sp³-hybridized carbons (Fsp3) is 0.364. The van der Waals surface area contributed by atoms with E-state index in [-0.39, 0.29) is 6.42 Å². The molecule has 0 aromatic carbocycles. The Bertz CT molecular complexity index is 471. The van der Waals surface area contributed by atoms with Crippen molar-refractivity contribution in [3.8, 4) is 0 Å². The number of aromatic nitrogens is 1. The number of hydrogen-bond acceptors (Lipinski definition) is 7. The highest BCUT2D eigenvalue weighted by atomic mass is 79.9. The smallest absolute Gasteiger partial charge is 0.230 e. The van der Waals surface area contributed by atoms with Crippen LogP contribution in [0.25, 0.3) is 0 Å². The zero-order valence-corrected chi connectivity index (χ0v) is 12.7. The van der Waals surface area contributed by atoms with E-state index in [4.69, 9.17) is 5.26 Å². The molecular formula is C11H12BrNO5S. The number of pyridine rings is 1. The van der Waals surface area contributed by atoms with E-state index in [2.05, 4.69) is 30.3 Å². The van der Waals surface area contributed by atoms with Gasteiger partial charge in [0, 0.05) is 17.3 Å². The molecule has 0 spiro atoms. The first kappa shape index (κ1) is 16.3. The fourth-order valence-electron chi connectivity index (χ4n) is 1.57. The number of carbonyl (C=O) groups is 2. The Hall–Kier alpha value is -0.800. The summed E-state index contributed by atoms with van der Waals surface area (Å²) in [5.41, 5.74) is 1.35. The average molecular weight is 350 g/mol. The van der Waals surface area contributed by atoms with Crippen LogP contribution in [0.5, 0.6) is 0 Å². The highest BCUT2D eigenvalue weighted by Gasteiger charge is 2.21. The molecule has 1 heterocycles. The molecule has 0 atom stereocenters. The molecular weight excluding hydrogens is 338 g/mol. The Kier molecular flexibility index (Phi) is 6.59. The molecule has 1 aromatic heterocycles. The van der Waals surface area contributed by atoms with Gasteiger partial charge in [-0.2, -0.15) is 0 Å². The van der Waals surface area contributed by atoms with Crippen molar-refractivity contribution in [3.05, 3.63) is 22.9 Å². The Morgan fingerprint density at radius 3 is 2.68 bits per heavy atom. The van der Waals surface area contributed by atoms with Crippen LogP contribution in [0.15, 0.2) is 11.1 Å². The van der Waals surface area contributed by atoms with Gasteiger partial charge in [-0.05, 0) is 25.5 Å². The summed E-state index contributed by atoms with van der Waals surface area (Å²) in [6.45, 7) is 3.33. The van der Waals surface area contributed by atoms with E-state index in [1.165, 1.54) is 0 Å². The van der Waals surface area contributed by atoms with Crippen molar-refractivity contribution in [1.29, 1.82) is 0 Å². The third kappa shape index (κ3) is 4.36. The summed E-state index contributed by atoms with van der Waals surface area (Å²) in [4.78, 5) is 27.7. The zero-order chi connectivity index (χ0) is 14.4. The lowest BCUT2D eigenvalue weighted by Gasteiger charge is -2.09. The lowest BCUT2D eigenvalue weighted by molar-refractivity contribution is -0.432. The van der Waals surface area contributed by atoms with Crippen LogP contribution in [-0.2, 0) is 14.2 Å². The summed E-state index contributed by atoms with van der Waals surface area (Å²) in [5, 5.41) is 12.4. The minimum absolute atomic E-state index is 0.148. The van der Waals surface area contributed by atoms with Crippen molar-refractivity contribution in [1.82, 2.24) is 4.98 Å². The van der Waals surface area contributed by atoms with Gasteiger partial charge in [0.05, 0.1) is 17.7 Å². The van der Waals surface area contributed by atoms with Gasteiger partial charge in [0.25, 0.3) is 0 Å². The van der Waals surface area contributed by atoms with Gasteiger partial charge >= 0.3 is 0 Å². The Labute approximate surface area is 122 Å². The molecule has 8 heteroatoms. The van der Waals surface area contributed by atoms with Crippen LogP contribution < -0.4 is 0 Å². The summed E-state index contributed by atoms with van der Waals surface area (Å²) >= 11 is 3.82. The first-order valence-corrected chi connectivity index (χ1v) is 7.14. The number of hydrogen-bond donors (Lipinski definition) is 1. The van der Waals surface area contributed by atoms with E-state index < -0.39 is 11.6 Å². The fourth-order valence-corrected chi connectivity index (χ4v) is 2.43. The minimum atomic E-state index is -0.544. The molecule has 1 rings (SSSR count). The highest BCUT2D eigenvalue weighted by molar-refractivity contribution is 9.09. The van der Waals surface area contributed by atoms with Gasteiger partial charge in [-0.1, -0.05) is 21.0 Å². The molecule has 0 unspecified atom stereocenters. The summed E-state index contributed by atoms with van der Waals surface area (Å²) in [5.74, 6) is -1.00. The van der Waals surface area contributed by atoms with Gasteiger partial charge in [-0.15, -0.1) is 4.33 Å². The lowest BCUT2D eigenvalue weighted by Crippen LogP contribution is -2.18. The molecule has 0 amide bonds. The van der Waals surface area contributed by atoms with Crippen molar-refractivity contribution < 1.29 is 24.2 Å². The summed E-state index contributed by atoms with van der Waals surface area (Å²) < 4.78 is 4.27. The SMILES string of the molecule is Cc1cc(SOOO)nc(C)c1C(=O)C(=O)CCBr. The van der Waals surface area contributed by atoms with Crippen LogP contribution in [-0.4, -0.2) is 27.1 Å². The number of carbonyl (C=O) groups excluding carboxylic acids is 2. The molecule has 0 bridgehead atoms. The van der Waals surface area contributed by atoms with Gasteiger partial charge in [0.2, 0.25) is 11.6 Å². The molecule has 0 fully saturated rings. The van der Waals surface area contributed by atoms with Gasteiger partial charge in [0.1, 0.15) is 5.03 Å². The van der Waals surface area contributed by atoms with Gasteiger partial charge < -0.3 is 0 Å². The molecule has 19 heavy (non-hydrogen) atoms. The van der Waals surface area contributed by atoms with Crippen LogP contribution in [0, 0.1) is 13.8 Å². The van der Waals surface area contributed by atoms with E-state index in [0.29, 0.717) is 39.2 Å². The van der Waals surface area contributed by atoms with Gasteiger partial charge in [-0.25, -0.2) is 10.2 Å². The molecule has 1 aromatic rings. The van der Waals surface area contributed by atoms with Crippen molar-refractivity contribution >= 4 is 39.5 Å². The largest absolute Gasteiger partial charge is 0.290 e. The van der Waals surface area contributed by atoms with Crippen LogP contribution in [0.1, 0.15) is 28.0 Å². The van der Waals surface area contributed by atoms with Crippen LogP contribution in [0.4, 0.5) is 0 Å². The Balaban J connectivity index is 3.03. The maximum absolute atomic E-state index is 12.0. The van der Waals surface area contributed by atoms with E-state index in [1.54, 1.807) is 19.9 Å². The molecule has 0 saturated heterocycles. The first-order chi connectivity index (χ1) is 9.01. The monoisotopic (exact) mass is 349 g/mol. The number of alkyl halides is 1. The topological polar surface area (TPSA) is 85.7 Å². The quantitative estimate of drug-likeness (QED) is 0.202. The lowest BCUT2D eigenvalue weighted by atomic mass is 10.00. The van der Waals surface area contributed by atoms with Crippen molar-refractivity contribution in [3.63, 3.8) is 0 Å². The van der Waals surface area contributed by atoms with Gasteiger partial charge in [-0.3, -0.25) is 9.59 Å². The molecule has 1 N–H and O–H groups in total. The van der Waals surface area contributed by atoms with Crippen molar-refractivity contribution in [2.24, 2.45) is 0 Å². The second-order valence-electron chi connectivity index (χ2n) is 3.65. The van der Waals surface area contributed by atoms with Gasteiger partial charge in [0.15, 0.2) is 0 Å². The molecule has 0 radical (unpaired) electrons. The number of halogens is 1. The van der Waals surface area contributed by atoms with Crippen LogP contribution >= 0.6 is 28.0 Å². The zero-order valence-electron chi connectivity index (χ0n) is 10.3. The number of rotatable bonds is 7. The number of ketones is 2. The average Bonchev–Trinajstić information content (AvgIpc) is 2.35. The first-order valence-electron chi connectivity index (χ1n) is 5.27. The van der Waals surface area contributed by atoms with E-state index in [9.17, 15) is 9.59 Å². The number of Topliss-reactive ketones (excluding diaryl/α,β-unsaturated/α-hetero) is 2. The predicted molar refractivity (Wildman–Crippen MR) is 72.1 cm³/mol. The summed E-state index contributed by atoms with van der Waals surface area (Å²) in [6.07, 6.45) is 0.148. The second kappa shape index (κ2) is 7.71. The van der Waals surface area contributed by atoms with Crippen molar-refractivity contribution in [2.45, 2.75) is 25.3 Å². The molecule has 0 aliphatic heterocycles. The third-order valence-corrected chi connectivity index (χ3v) is 3.23. The molecule has 6 nitrogen and oxygen atoms in total. The summed E-state index contributed by atoms with van der Waals surface area (Å²) in [7, 11) is 0.